The van der Waals surface area contributed by atoms with Crippen molar-refractivity contribution in [3.05, 3.63) is 24.0 Å². The number of anilines is 1. The Hall–Kier alpha value is -2.75. The van der Waals surface area contributed by atoms with Gasteiger partial charge in [-0.15, -0.1) is 0 Å². The van der Waals surface area contributed by atoms with E-state index >= 15 is 0 Å². The van der Waals surface area contributed by atoms with Gasteiger partial charge in [0, 0.05) is 43.5 Å². The maximum Gasteiger partial charge on any atom is 0.317 e. The minimum absolute atomic E-state index is 0.0107. The number of nitriles is 1. The van der Waals surface area contributed by atoms with Crippen molar-refractivity contribution >= 4 is 22.8 Å². The number of amides is 2. The number of carbonyl (C=O) groups excluding carboxylic acids is 1. The van der Waals surface area contributed by atoms with Gasteiger partial charge in [-0.3, -0.25) is 0 Å². The molecule has 0 saturated carbocycles. The van der Waals surface area contributed by atoms with Crippen LogP contribution < -0.4 is 10.6 Å². The Morgan fingerprint density at radius 3 is 3.00 bits per heavy atom. The van der Waals surface area contributed by atoms with E-state index in [1.54, 1.807) is 6.20 Å². The molecule has 0 radical (unpaired) electrons. The van der Waals surface area contributed by atoms with Gasteiger partial charge in [-0.05, 0) is 24.3 Å². The van der Waals surface area contributed by atoms with Gasteiger partial charge >= 0.3 is 6.03 Å². The molecule has 2 aromatic heterocycles. The van der Waals surface area contributed by atoms with Crippen molar-refractivity contribution in [1.29, 1.82) is 5.26 Å². The monoisotopic (exact) mass is 354 g/mol. The number of carbonyl (C=O) groups is 1. The van der Waals surface area contributed by atoms with Gasteiger partial charge in [0.25, 0.3) is 0 Å². The standard InChI is InChI=1S/C19H26N6O/c1-4-13-10-25(19(26)23-8-12(2)3)11-16(13)24-17-14(7-20)9-22-18-15(17)5-6-21-18/h5-6,9,12-13,16H,4,8,10-11H2,1-3H3,(H,23,26)(H2,21,22,24)/t13-,16+/m1/s1. The van der Waals surface area contributed by atoms with Crippen molar-refractivity contribution in [3.63, 3.8) is 0 Å². The Kier molecular flexibility index (Phi) is 5.31. The van der Waals surface area contributed by atoms with Gasteiger partial charge in [-0.2, -0.15) is 5.26 Å². The summed E-state index contributed by atoms with van der Waals surface area (Å²) < 4.78 is 0. The molecule has 1 aliphatic rings. The fourth-order valence-corrected chi connectivity index (χ4v) is 3.45. The molecule has 138 valence electrons. The van der Waals surface area contributed by atoms with Crippen LogP contribution in [0, 0.1) is 23.2 Å². The van der Waals surface area contributed by atoms with Gasteiger partial charge in [-0.1, -0.05) is 20.8 Å². The lowest BCUT2D eigenvalue weighted by Crippen LogP contribution is -2.41. The zero-order valence-corrected chi connectivity index (χ0v) is 15.5. The number of nitrogens with zero attached hydrogens (tertiary/aromatic N) is 3. The second-order valence-electron chi connectivity index (χ2n) is 7.30. The predicted molar refractivity (Wildman–Crippen MR) is 102 cm³/mol. The Morgan fingerprint density at radius 2 is 2.31 bits per heavy atom. The lowest BCUT2D eigenvalue weighted by Gasteiger charge is -2.21. The molecule has 0 aromatic carbocycles. The first kappa shape index (κ1) is 18.1. The van der Waals surface area contributed by atoms with Crippen molar-refractivity contribution < 1.29 is 4.79 Å². The van der Waals surface area contributed by atoms with Crippen LogP contribution in [0.25, 0.3) is 11.0 Å². The summed E-state index contributed by atoms with van der Waals surface area (Å²) in [5.74, 6) is 0.767. The average Bonchev–Trinajstić information content (AvgIpc) is 3.26. The molecule has 1 aliphatic heterocycles. The molecule has 2 amide bonds. The molecule has 7 heteroatoms. The Balaban J connectivity index is 1.78. The number of likely N-dealkylation sites (tertiary alicyclic amines) is 1. The van der Waals surface area contributed by atoms with E-state index in [0.717, 1.165) is 29.7 Å². The van der Waals surface area contributed by atoms with Gasteiger partial charge in [0.1, 0.15) is 11.7 Å². The first-order chi connectivity index (χ1) is 12.5. The predicted octanol–water partition coefficient (Wildman–Crippen LogP) is 2.92. The fraction of sp³-hybridized carbons (Fsp3) is 0.526. The van der Waals surface area contributed by atoms with Crippen LogP contribution in [-0.2, 0) is 0 Å². The smallest absolute Gasteiger partial charge is 0.317 e. The highest BCUT2D eigenvalue weighted by Gasteiger charge is 2.34. The zero-order chi connectivity index (χ0) is 18.7. The summed E-state index contributed by atoms with van der Waals surface area (Å²) in [7, 11) is 0. The molecule has 0 aliphatic carbocycles. The molecule has 3 heterocycles. The van der Waals surface area contributed by atoms with Crippen molar-refractivity contribution in [2.75, 3.05) is 25.0 Å². The lowest BCUT2D eigenvalue weighted by molar-refractivity contribution is 0.205. The molecule has 7 nitrogen and oxygen atoms in total. The molecule has 1 fully saturated rings. The van der Waals surface area contributed by atoms with Gasteiger partial charge in [-0.25, -0.2) is 9.78 Å². The summed E-state index contributed by atoms with van der Waals surface area (Å²) in [6.45, 7) is 8.33. The molecule has 3 N–H and O–H groups in total. The maximum atomic E-state index is 12.4. The van der Waals surface area contributed by atoms with E-state index in [1.165, 1.54) is 0 Å². The number of aromatic nitrogens is 2. The number of H-pyrrole nitrogens is 1. The number of urea groups is 1. The minimum Gasteiger partial charge on any atom is -0.378 e. The third-order valence-electron chi connectivity index (χ3n) is 4.95. The summed E-state index contributed by atoms with van der Waals surface area (Å²) in [4.78, 5) is 21.7. The van der Waals surface area contributed by atoms with Crippen LogP contribution in [0.4, 0.5) is 10.5 Å². The third-order valence-corrected chi connectivity index (χ3v) is 4.95. The molecule has 0 unspecified atom stereocenters. The van der Waals surface area contributed by atoms with Crippen molar-refractivity contribution in [3.8, 4) is 6.07 Å². The SMILES string of the molecule is CC[C@@H]1CN(C(=O)NCC(C)C)C[C@@H]1Nc1c(C#N)cnc2[nH]ccc12. The number of aromatic amines is 1. The largest absolute Gasteiger partial charge is 0.378 e. The molecule has 2 aromatic rings. The van der Waals surface area contributed by atoms with Crippen LogP contribution in [0.15, 0.2) is 18.5 Å². The summed E-state index contributed by atoms with van der Waals surface area (Å²) in [5.41, 5.74) is 2.07. The van der Waals surface area contributed by atoms with E-state index in [-0.39, 0.29) is 12.1 Å². The van der Waals surface area contributed by atoms with Crippen LogP contribution in [0.2, 0.25) is 0 Å². The van der Waals surface area contributed by atoms with Gasteiger partial charge < -0.3 is 20.5 Å². The number of pyridine rings is 1. The van der Waals surface area contributed by atoms with Crippen LogP contribution in [0.3, 0.4) is 0 Å². The van der Waals surface area contributed by atoms with Crippen LogP contribution >= 0.6 is 0 Å². The van der Waals surface area contributed by atoms with Gasteiger partial charge in [0.05, 0.1) is 11.3 Å². The molecule has 26 heavy (non-hydrogen) atoms. The number of nitrogens with one attached hydrogen (secondary N) is 3. The van der Waals surface area contributed by atoms with Crippen molar-refractivity contribution in [2.24, 2.45) is 11.8 Å². The summed E-state index contributed by atoms with van der Waals surface area (Å²) >= 11 is 0. The highest BCUT2D eigenvalue weighted by molar-refractivity contribution is 5.92. The lowest BCUT2D eigenvalue weighted by atomic mass is 10.00. The first-order valence-electron chi connectivity index (χ1n) is 9.19. The van der Waals surface area contributed by atoms with E-state index in [0.29, 0.717) is 30.5 Å². The number of rotatable bonds is 5. The number of fused-ring (bicyclic) bond motifs is 1. The van der Waals surface area contributed by atoms with E-state index in [1.807, 2.05) is 17.2 Å². The Labute approximate surface area is 153 Å². The Bertz CT molecular complexity index is 821. The van der Waals surface area contributed by atoms with Crippen LogP contribution in [0.1, 0.15) is 32.8 Å². The summed E-state index contributed by atoms with van der Waals surface area (Å²) in [6, 6.07) is 4.24. The number of hydrogen-bond acceptors (Lipinski definition) is 4. The second-order valence-corrected chi connectivity index (χ2v) is 7.30. The zero-order valence-electron chi connectivity index (χ0n) is 15.5. The topological polar surface area (TPSA) is 96.8 Å². The minimum atomic E-state index is -0.0107. The molecular weight excluding hydrogens is 328 g/mol. The van der Waals surface area contributed by atoms with E-state index in [4.69, 9.17) is 0 Å². The van der Waals surface area contributed by atoms with Crippen molar-refractivity contribution in [2.45, 2.75) is 33.2 Å². The van der Waals surface area contributed by atoms with Crippen LogP contribution in [-0.4, -0.2) is 46.6 Å². The fourth-order valence-electron chi connectivity index (χ4n) is 3.45. The second kappa shape index (κ2) is 7.65. The highest BCUT2D eigenvalue weighted by Crippen LogP contribution is 2.30. The van der Waals surface area contributed by atoms with E-state index in [2.05, 4.69) is 47.4 Å². The van der Waals surface area contributed by atoms with Gasteiger partial charge in [0.15, 0.2) is 0 Å². The van der Waals surface area contributed by atoms with E-state index < -0.39 is 0 Å². The molecule has 0 spiro atoms. The quantitative estimate of drug-likeness (QED) is 0.769. The maximum absolute atomic E-state index is 12.4. The van der Waals surface area contributed by atoms with Crippen LogP contribution in [0.5, 0.6) is 0 Å². The Morgan fingerprint density at radius 1 is 1.50 bits per heavy atom. The molecule has 0 bridgehead atoms. The average molecular weight is 354 g/mol. The summed E-state index contributed by atoms with van der Waals surface area (Å²) in [5, 5.41) is 16.9. The molecule has 1 saturated heterocycles. The first-order valence-corrected chi connectivity index (χ1v) is 9.19. The molecular formula is C19H26N6O. The van der Waals surface area contributed by atoms with Crippen molar-refractivity contribution in [1.82, 2.24) is 20.2 Å². The molecule has 2 atom stereocenters. The third kappa shape index (κ3) is 3.59. The summed E-state index contributed by atoms with van der Waals surface area (Å²) in [6.07, 6.45) is 4.38. The normalized spacial score (nSPS) is 19.7. The van der Waals surface area contributed by atoms with E-state index in [9.17, 15) is 10.1 Å². The molecule has 3 rings (SSSR count). The van der Waals surface area contributed by atoms with Gasteiger partial charge in [0.2, 0.25) is 0 Å². The number of hydrogen-bond donors (Lipinski definition) is 3. The highest BCUT2D eigenvalue weighted by atomic mass is 16.2.